The van der Waals surface area contributed by atoms with E-state index in [4.69, 9.17) is 4.74 Å². The van der Waals surface area contributed by atoms with Gasteiger partial charge < -0.3 is 4.74 Å². The van der Waals surface area contributed by atoms with Crippen molar-refractivity contribution in [3.05, 3.63) is 63.4 Å². The molecular weight excluding hydrogens is 413 g/mol. The normalized spacial score (nSPS) is 12.3. The Morgan fingerprint density at radius 2 is 1.71 bits per heavy atom. The van der Waals surface area contributed by atoms with Gasteiger partial charge in [-0.3, -0.25) is 0 Å². The van der Waals surface area contributed by atoms with E-state index in [1.807, 2.05) is 6.92 Å². The van der Waals surface area contributed by atoms with Gasteiger partial charge in [-0.15, -0.1) is 0 Å². The van der Waals surface area contributed by atoms with Gasteiger partial charge in [0, 0.05) is 27.7 Å². The van der Waals surface area contributed by atoms with Gasteiger partial charge in [0.15, 0.2) is 0 Å². The third kappa shape index (κ3) is 3.61. The first-order chi connectivity index (χ1) is 9.93. The van der Waals surface area contributed by atoms with Crippen molar-refractivity contribution in [2.45, 2.75) is 11.8 Å². The topological polar surface area (TPSA) is 9.23 Å². The molecule has 0 bridgehead atoms. The maximum Gasteiger partial charge on any atom is 0.133 e. The number of hydrogen-bond acceptors (Lipinski definition) is 1. The Morgan fingerprint density at radius 3 is 2.29 bits per heavy atom. The number of benzene rings is 2. The van der Waals surface area contributed by atoms with Crippen LogP contribution in [0.2, 0.25) is 0 Å². The van der Waals surface area contributed by atoms with Gasteiger partial charge in [-0.1, -0.05) is 31.9 Å². The van der Waals surface area contributed by atoms with Crippen LogP contribution in [0.15, 0.2) is 34.8 Å². The van der Waals surface area contributed by atoms with E-state index in [0.717, 1.165) is 4.47 Å². The number of halogens is 5. The van der Waals surface area contributed by atoms with Crippen LogP contribution in [0.5, 0.6) is 5.75 Å². The summed E-state index contributed by atoms with van der Waals surface area (Å²) in [6.45, 7) is 2.23. The van der Waals surface area contributed by atoms with E-state index in [9.17, 15) is 13.2 Å². The van der Waals surface area contributed by atoms with Gasteiger partial charge in [-0.25, -0.2) is 13.2 Å². The molecule has 0 N–H and O–H groups in total. The van der Waals surface area contributed by atoms with Gasteiger partial charge >= 0.3 is 0 Å². The van der Waals surface area contributed by atoms with E-state index in [-0.39, 0.29) is 5.56 Å². The Kier molecular flexibility index (Phi) is 5.32. The predicted molar refractivity (Wildman–Crippen MR) is 82.4 cm³/mol. The standard InChI is InChI=1S/C15H11Br2F3O/c1-2-21-13-4-3-8(16)5-10(13)15(17)14-11(19)6-9(18)7-12(14)20/h3-7,15H,2H2,1H3. The number of alkyl halides is 1. The zero-order chi connectivity index (χ0) is 15.6. The Balaban J connectivity index is 2.54. The van der Waals surface area contributed by atoms with Crippen LogP contribution in [-0.4, -0.2) is 6.61 Å². The van der Waals surface area contributed by atoms with E-state index >= 15 is 0 Å². The fourth-order valence-electron chi connectivity index (χ4n) is 1.96. The van der Waals surface area contributed by atoms with Crippen LogP contribution in [0, 0.1) is 17.5 Å². The smallest absolute Gasteiger partial charge is 0.133 e. The lowest BCUT2D eigenvalue weighted by molar-refractivity contribution is 0.336. The first kappa shape index (κ1) is 16.4. The summed E-state index contributed by atoms with van der Waals surface area (Å²) in [4.78, 5) is -0.794. The molecule has 0 fully saturated rings. The summed E-state index contributed by atoms with van der Waals surface area (Å²) in [7, 11) is 0. The molecular formula is C15H11Br2F3O. The van der Waals surface area contributed by atoms with Crippen molar-refractivity contribution in [2.75, 3.05) is 6.61 Å². The van der Waals surface area contributed by atoms with Crippen LogP contribution >= 0.6 is 31.9 Å². The lowest BCUT2D eigenvalue weighted by Gasteiger charge is -2.17. The Hall–Kier alpha value is -1.01. The number of ether oxygens (including phenoxy) is 1. The molecule has 0 heterocycles. The second-order valence-corrected chi connectivity index (χ2v) is 6.09. The molecule has 0 radical (unpaired) electrons. The zero-order valence-electron chi connectivity index (χ0n) is 11.0. The average Bonchev–Trinajstić information content (AvgIpc) is 2.39. The SMILES string of the molecule is CCOc1ccc(Br)cc1C(Br)c1c(F)cc(F)cc1F. The molecule has 0 aromatic heterocycles. The molecule has 2 rings (SSSR count). The molecule has 21 heavy (non-hydrogen) atoms. The van der Waals surface area contributed by atoms with Crippen molar-refractivity contribution in [2.24, 2.45) is 0 Å². The molecule has 0 aliphatic carbocycles. The first-order valence-corrected chi connectivity index (χ1v) is 7.85. The minimum Gasteiger partial charge on any atom is -0.494 e. The van der Waals surface area contributed by atoms with Crippen molar-refractivity contribution in [3.8, 4) is 5.75 Å². The van der Waals surface area contributed by atoms with E-state index in [1.54, 1.807) is 18.2 Å². The Morgan fingerprint density at radius 1 is 1.10 bits per heavy atom. The summed E-state index contributed by atoms with van der Waals surface area (Å²) >= 11 is 6.59. The fourth-order valence-corrected chi connectivity index (χ4v) is 3.13. The number of rotatable bonds is 4. The maximum absolute atomic E-state index is 13.9. The minimum atomic E-state index is -0.951. The third-order valence-corrected chi connectivity index (χ3v) is 4.29. The highest BCUT2D eigenvalue weighted by molar-refractivity contribution is 9.10. The third-order valence-electron chi connectivity index (χ3n) is 2.84. The molecule has 0 aliphatic rings. The van der Waals surface area contributed by atoms with Gasteiger partial charge in [0.1, 0.15) is 23.2 Å². The highest BCUT2D eigenvalue weighted by Crippen LogP contribution is 2.40. The summed E-state index contributed by atoms with van der Waals surface area (Å²) in [5.41, 5.74) is 0.297. The average molecular weight is 424 g/mol. The molecule has 0 amide bonds. The summed E-state index contributed by atoms with van der Waals surface area (Å²) in [6, 6.07) is 6.49. The maximum atomic E-state index is 13.9. The van der Waals surface area contributed by atoms with E-state index < -0.39 is 22.3 Å². The van der Waals surface area contributed by atoms with Crippen molar-refractivity contribution in [1.29, 1.82) is 0 Å². The van der Waals surface area contributed by atoms with Crippen LogP contribution in [0.3, 0.4) is 0 Å². The van der Waals surface area contributed by atoms with Crippen molar-refractivity contribution in [1.82, 2.24) is 0 Å². The molecule has 1 atom stereocenters. The van der Waals surface area contributed by atoms with E-state index in [2.05, 4.69) is 31.9 Å². The van der Waals surface area contributed by atoms with E-state index in [0.29, 0.717) is 30.1 Å². The number of hydrogen-bond donors (Lipinski definition) is 0. The zero-order valence-corrected chi connectivity index (χ0v) is 14.1. The monoisotopic (exact) mass is 422 g/mol. The molecule has 1 nitrogen and oxygen atoms in total. The second-order valence-electron chi connectivity index (χ2n) is 4.26. The molecule has 0 saturated carbocycles. The highest BCUT2D eigenvalue weighted by atomic mass is 79.9. The molecule has 2 aromatic rings. The van der Waals surface area contributed by atoms with Crippen LogP contribution in [0.25, 0.3) is 0 Å². The van der Waals surface area contributed by atoms with Gasteiger partial charge in [0.2, 0.25) is 0 Å². The quantitative estimate of drug-likeness (QED) is 0.569. The Bertz CT molecular complexity index is 638. The molecule has 0 spiro atoms. The second kappa shape index (κ2) is 6.83. The summed E-state index contributed by atoms with van der Waals surface area (Å²) < 4.78 is 47.0. The molecule has 112 valence electrons. The molecule has 6 heteroatoms. The van der Waals surface area contributed by atoms with Crippen molar-refractivity contribution >= 4 is 31.9 Å². The largest absolute Gasteiger partial charge is 0.494 e. The molecule has 2 aromatic carbocycles. The lowest BCUT2D eigenvalue weighted by atomic mass is 10.0. The van der Waals surface area contributed by atoms with Gasteiger partial charge in [0.25, 0.3) is 0 Å². The van der Waals surface area contributed by atoms with Crippen LogP contribution in [0.1, 0.15) is 22.9 Å². The van der Waals surface area contributed by atoms with Crippen molar-refractivity contribution in [3.63, 3.8) is 0 Å². The van der Waals surface area contributed by atoms with Crippen LogP contribution in [-0.2, 0) is 0 Å². The van der Waals surface area contributed by atoms with Gasteiger partial charge in [-0.05, 0) is 25.1 Å². The fraction of sp³-hybridized carbons (Fsp3) is 0.200. The molecule has 1 unspecified atom stereocenters. The summed E-state index contributed by atoms with van der Waals surface area (Å²) in [6.07, 6.45) is 0. The summed E-state index contributed by atoms with van der Waals surface area (Å²) in [5.74, 6) is -2.34. The van der Waals surface area contributed by atoms with E-state index in [1.165, 1.54) is 0 Å². The molecule has 0 aliphatic heterocycles. The van der Waals surface area contributed by atoms with Gasteiger partial charge in [-0.2, -0.15) is 0 Å². The van der Waals surface area contributed by atoms with Crippen molar-refractivity contribution < 1.29 is 17.9 Å². The van der Waals surface area contributed by atoms with Crippen LogP contribution < -0.4 is 4.74 Å². The summed E-state index contributed by atoms with van der Waals surface area (Å²) in [5, 5.41) is 0. The lowest BCUT2D eigenvalue weighted by Crippen LogP contribution is -2.05. The minimum absolute atomic E-state index is 0.254. The predicted octanol–water partition coefficient (Wildman–Crippen LogP) is 5.75. The van der Waals surface area contributed by atoms with Crippen LogP contribution in [0.4, 0.5) is 13.2 Å². The first-order valence-electron chi connectivity index (χ1n) is 6.14. The Labute approximate surface area is 137 Å². The highest BCUT2D eigenvalue weighted by Gasteiger charge is 2.23. The van der Waals surface area contributed by atoms with Gasteiger partial charge in [0.05, 0.1) is 11.4 Å². The molecule has 0 saturated heterocycles.